The van der Waals surface area contributed by atoms with Crippen molar-refractivity contribution in [3.63, 3.8) is 0 Å². The summed E-state index contributed by atoms with van der Waals surface area (Å²) in [5.74, 6) is 0.371. The van der Waals surface area contributed by atoms with E-state index >= 15 is 0 Å². The van der Waals surface area contributed by atoms with Crippen LogP contribution in [-0.4, -0.2) is 40.1 Å². The maximum Gasteiger partial charge on any atom is 0.255 e. The summed E-state index contributed by atoms with van der Waals surface area (Å²) in [6.07, 6.45) is 3.29. The zero-order chi connectivity index (χ0) is 22.2. The van der Waals surface area contributed by atoms with E-state index in [0.29, 0.717) is 29.3 Å². The van der Waals surface area contributed by atoms with Crippen molar-refractivity contribution < 1.29 is 18.8 Å². The second kappa shape index (κ2) is 10.3. The van der Waals surface area contributed by atoms with Gasteiger partial charge in [-0.3, -0.25) is 14.6 Å². The number of carbonyl (C=O) groups excluding carboxylic acids is 2. The summed E-state index contributed by atoms with van der Waals surface area (Å²) in [4.78, 5) is 33.4. The molecule has 2 aromatic heterocycles. The topological polar surface area (TPSA) is 119 Å². The molecule has 3 rings (SSSR count). The molecule has 0 saturated carbocycles. The summed E-state index contributed by atoms with van der Waals surface area (Å²) in [7, 11) is 0. The lowest BCUT2D eigenvalue weighted by Crippen LogP contribution is -2.40. The molecule has 1 unspecified atom stereocenters. The summed E-state index contributed by atoms with van der Waals surface area (Å²) in [6, 6.07) is 9.97. The Kier molecular flexibility index (Phi) is 7.31. The quantitative estimate of drug-likeness (QED) is 0.543. The third kappa shape index (κ3) is 5.65. The molecular weight excluding hydrogens is 398 g/mol. The Morgan fingerprint density at radius 3 is 2.68 bits per heavy atom. The van der Waals surface area contributed by atoms with Gasteiger partial charge in [0.25, 0.3) is 5.91 Å². The molecule has 2 amide bonds. The standard InChI is InChI=1S/C22H25N5O4/c1-4-30-17-10-6-5-9-16(17)21(29)24-13-18(28)25-19(14(2)3)22-26-20(27-31-22)15-8-7-11-23-12-15/h5-12,14,19H,4,13H2,1-3H3,(H,24,29)(H,25,28). The number of nitrogens with one attached hydrogen (secondary N) is 2. The van der Waals surface area contributed by atoms with Crippen LogP contribution in [0, 0.1) is 5.92 Å². The number of pyridine rings is 1. The molecule has 0 radical (unpaired) electrons. The predicted octanol–water partition coefficient (Wildman–Crippen LogP) is 2.77. The number of hydrogen-bond acceptors (Lipinski definition) is 7. The second-order valence-electron chi connectivity index (χ2n) is 7.10. The van der Waals surface area contributed by atoms with Crippen LogP contribution in [0.25, 0.3) is 11.4 Å². The molecule has 0 aliphatic carbocycles. The minimum absolute atomic E-state index is 0.0134. The van der Waals surface area contributed by atoms with Gasteiger partial charge < -0.3 is 19.9 Å². The number of aromatic nitrogens is 3. The van der Waals surface area contributed by atoms with E-state index in [2.05, 4.69) is 25.8 Å². The van der Waals surface area contributed by atoms with Crippen LogP contribution in [0.2, 0.25) is 0 Å². The highest BCUT2D eigenvalue weighted by Gasteiger charge is 2.25. The first-order chi connectivity index (χ1) is 15.0. The van der Waals surface area contributed by atoms with Crippen molar-refractivity contribution in [3.8, 4) is 17.1 Å². The number of benzene rings is 1. The van der Waals surface area contributed by atoms with Gasteiger partial charge in [-0.2, -0.15) is 4.98 Å². The Morgan fingerprint density at radius 2 is 1.97 bits per heavy atom. The van der Waals surface area contributed by atoms with Crippen LogP contribution in [0.1, 0.15) is 43.1 Å². The zero-order valence-corrected chi connectivity index (χ0v) is 17.7. The van der Waals surface area contributed by atoms with Gasteiger partial charge in [-0.05, 0) is 37.1 Å². The first kappa shape index (κ1) is 21.9. The maximum absolute atomic E-state index is 12.5. The van der Waals surface area contributed by atoms with Crippen molar-refractivity contribution in [2.24, 2.45) is 5.92 Å². The third-order valence-corrected chi connectivity index (χ3v) is 4.45. The molecule has 3 aromatic rings. The Labute approximate surface area is 180 Å². The van der Waals surface area contributed by atoms with Gasteiger partial charge in [-0.1, -0.05) is 31.1 Å². The number of hydrogen-bond donors (Lipinski definition) is 2. The molecule has 2 N–H and O–H groups in total. The van der Waals surface area contributed by atoms with E-state index in [1.165, 1.54) is 0 Å². The molecule has 31 heavy (non-hydrogen) atoms. The molecule has 9 nitrogen and oxygen atoms in total. The van der Waals surface area contributed by atoms with E-state index in [9.17, 15) is 9.59 Å². The number of nitrogens with zero attached hydrogens (tertiary/aromatic N) is 3. The first-order valence-electron chi connectivity index (χ1n) is 10.0. The molecule has 0 saturated heterocycles. The minimum atomic E-state index is -0.502. The van der Waals surface area contributed by atoms with Gasteiger partial charge in [0.15, 0.2) is 0 Å². The number of amides is 2. The summed E-state index contributed by atoms with van der Waals surface area (Å²) < 4.78 is 10.8. The molecule has 162 valence electrons. The number of para-hydroxylation sites is 1. The van der Waals surface area contributed by atoms with Crippen molar-refractivity contribution in [3.05, 3.63) is 60.2 Å². The van der Waals surface area contributed by atoms with Crippen molar-refractivity contribution in [2.75, 3.05) is 13.2 Å². The van der Waals surface area contributed by atoms with Gasteiger partial charge in [0.05, 0.1) is 18.7 Å². The maximum atomic E-state index is 12.5. The van der Waals surface area contributed by atoms with Crippen LogP contribution in [0.15, 0.2) is 53.3 Å². The Bertz CT molecular complexity index is 1020. The van der Waals surface area contributed by atoms with Crippen LogP contribution in [0.4, 0.5) is 0 Å². The lowest BCUT2D eigenvalue weighted by atomic mass is 10.0. The normalized spacial score (nSPS) is 11.7. The molecule has 0 aliphatic rings. The smallest absolute Gasteiger partial charge is 0.255 e. The second-order valence-corrected chi connectivity index (χ2v) is 7.10. The van der Waals surface area contributed by atoms with Gasteiger partial charge in [-0.25, -0.2) is 0 Å². The van der Waals surface area contributed by atoms with Gasteiger partial charge in [-0.15, -0.1) is 0 Å². The van der Waals surface area contributed by atoms with Crippen molar-refractivity contribution >= 4 is 11.8 Å². The molecule has 0 spiro atoms. The minimum Gasteiger partial charge on any atom is -0.493 e. The molecule has 1 aromatic carbocycles. The highest BCUT2D eigenvalue weighted by Crippen LogP contribution is 2.23. The molecule has 1 atom stereocenters. The Morgan fingerprint density at radius 1 is 1.16 bits per heavy atom. The summed E-state index contributed by atoms with van der Waals surface area (Å²) in [5.41, 5.74) is 1.09. The molecule has 9 heteroatoms. The van der Waals surface area contributed by atoms with E-state index in [1.807, 2.05) is 26.8 Å². The third-order valence-electron chi connectivity index (χ3n) is 4.45. The van der Waals surface area contributed by atoms with Crippen LogP contribution in [0.3, 0.4) is 0 Å². The zero-order valence-electron chi connectivity index (χ0n) is 17.7. The van der Waals surface area contributed by atoms with Gasteiger partial charge in [0.2, 0.25) is 17.6 Å². The Hall–Kier alpha value is -3.75. The van der Waals surface area contributed by atoms with Crippen LogP contribution >= 0.6 is 0 Å². The van der Waals surface area contributed by atoms with Crippen molar-refractivity contribution in [1.82, 2.24) is 25.8 Å². The van der Waals surface area contributed by atoms with Gasteiger partial charge in [0.1, 0.15) is 11.8 Å². The lowest BCUT2D eigenvalue weighted by Gasteiger charge is -2.18. The molecule has 2 heterocycles. The summed E-state index contributed by atoms with van der Waals surface area (Å²) in [6.45, 7) is 5.93. The lowest BCUT2D eigenvalue weighted by molar-refractivity contribution is -0.121. The Balaban J connectivity index is 1.63. The fourth-order valence-corrected chi connectivity index (χ4v) is 2.90. The van der Waals surface area contributed by atoms with Gasteiger partial charge in [0, 0.05) is 18.0 Å². The first-order valence-corrected chi connectivity index (χ1v) is 10.0. The number of ether oxygens (including phenoxy) is 1. The highest BCUT2D eigenvalue weighted by atomic mass is 16.5. The van der Waals surface area contributed by atoms with Crippen molar-refractivity contribution in [2.45, 2.75) is 26.8 Å². The average molecular weight is 423 g/mol. The molecular formula is C22H25N5O4. The fourth-order valence-electron chi connectivity index (χ4n) is 2.90. The number of carbonyl (C=O) groups is 2. The monoisotopic (exact) mass is 423 g/mol. The highest BCUT2D eigenvalue weighted by molar-refractivity contribution is 5.98. The molecule has 0 aliphatic heterocycles. The SMILES string of the molecule is CCOc1ccccc1C(=O)NCC(=O)NC(c1nc(-c2cccnc2)no1)C(C)C. The largest absolute Gasteiger partial charge is 0.493 e. The summed E-state index contributed by atoms with van der Waals surface area (Å²) >= 11 is 0. The van der Waals surface area contributed by atoms with E-state index in [1.54, 1.807) is 42.7 Å². The van der Waals surface area contributed by atoms with Gasteiger partial charge >= 0.3 is 0 Å². The average Bonchev–Trinajstić information content (AvgIpc) is 3.27. The number of rotatable bonds is 9. The van der Waals surface area contributed by atoms with E-state index in [0.717, 1.165) is 0 Å². The summed E-state index contributed by atoms with van der Waals surface area (Å²) in [5, 5.41) is 9.44. The fraction of sp³-hybridized carbons (Fsp3) is 0.318. The van der Waals surface area contributed by atoms with Crippen LogP contribution in [0.5, 0.6) is 5.75 Å². The molecule has 0 bridgehead atoms. The molecule has 0 fully saturated rings. The van der Waals surface area contributed by atoms with E-state index < -0.39 is 11.9 Å². The van der Waals surface area contributed by atoms with Crippen LogP contribution < -0.4 is 15.4 Å². The van der Waals surface area contributed by atoms with Crippen LogP contribution in [-0.2, 0) is 4.79 Å². The van der Waals surface area contributed by atoms with E-state index in [4.69, 9.17) is 9.26 Å². The van der Waals surface area contributed by atoms with E-state index in [-0.39, 0.29) is 24.3 Å². The van der Waals surface area contributed by atoms with Crippen molar-refractivity contribution in [1.29, 1.82) is 0 Å². The predicted molar refractivity (Wildman–Crippen MR) is 113 cm³/mol.